The van der Waals surface area contributed by atoms with Gasteiger partial charge in [-0.2, -0.15) is 0 Å². The predicted octanol–water partition coefficient (Wildman–Crippen LogP) is 5.12. The maximum Gasteiger partial charge on any atom is 0.300 e. The molecule has 0 bridgehead atoms. The quantitative estimate of drug-likeness (QED) is 0.320. The van der Waals surface area contributed by atoms with Crippen molar-refractivity contribution in [1.82, 2.24) is 0 Å². The van der Waals surface area contributed by atoms with Crippen molar-refractivity contribution in [3.8, 4) is 11.5 Å². The Balaban J connectivity index is 1.94. The SMILES string of the molecule is COc1cccc(/C(O)=C2\C(=O)C(=O)N(c3ccc(OC)c(Cl)c3)C2c2ccc(F)cc2)c1. The minimum atomic E-state index is -1.01. The molecule has 0 radical (unpaired) electrons. The van der Waals surface area contributed by atoms with E-state index in [1.165, 1.54) is 49.5 Å². The van der Waals surface area contributed by atoms with Crippen LogP contribution in [0.2, 0.25) is 5.02 Å². The molecule has 1 aliphatic heterocycles. The number of ether oxygens (including phenoxy) is 2. The van der Waals surface area contributed by atoms with Crippen LogP contribution in [0.5, 0.6) is 11.5 Å². The molecule has 33 heavy (non-hydrogen) atoms. The zero-order chi connectivity index (χ0) is 23.7. The van der Waals surface area contributed by atoms with Gasteiger partial charge in [0, 0.05) is 11.3 Å². The normalized spacial score (nSPS) is 17.3. The molecule has 1 N–H and O–H groups in total. The van der Waals surface area contributed by atoms with Crippen molar-refractivity contribution in [2.75, 3.05) is 19.1 Å². The lowest BCUT2D eigenvalue weighted by Gasteiger charge is -2.26. The zero-order valence-corrected chi connectivity index (χ0v) is 18.5. The van der Waals surface area contributed by atoms with Gasteiger partial charge in [0.05, 0.1) is 30.9 Å². The van der Waals surface area contributed by atoms with Crippen LogP contribution < -0.4 is 14.4 Å². The van der Waals surface area contributed by atoms with Gasteiger partial charge >= 0.3 is 0 Å². The lowest BCUT2D eigenvalue weighted by molar-refractivity contribution is -0.132. The highest BCUT2D eigenvalue weighted by molar-refractivity contribution is 6.51. The van der Waals surface area contributed by atoms with Gasteiger partial charge in [-0.05, 0) is 48.0 Å². The number of hydrogen-bond acceptors (Lipinski definition) is 5. The highest BCUT2D eigenvalue weighted by atomic mass is 35.5. The van der Waals surface area contributed by atoms with Crippen LogP contribution in [-0.2, 0) is 9.59 Å². The number of carbonyl (C=O) groups excluding carboxylic acids is 2. The Hall–Kier alpha value is -3.84. The zero-order valence-electron chi connectivity index (χ0n) is 17.7. The molecule has 0 aromatic heterocycles. The van der Waals surface area contributed by atoms with Crippen LogP contribution in [0.4, 0.5) is 10.1 Å². The lowest BCUT2D eigenvalue weighted by Crippen LogP contribution is -2.29. The third kappa shape index (κ3) is 4.03. The topological polar surface area (TPSA) is 76.1 Å². The molecule has 1 aliphatic rings. The molecule has 1 amide bonds. The van der Waals surface area contributed by atoms with E-state index in [2.05, 4.69) is 0 Å². The fourth-order valence-corrected chi connectivity index (χ4v) is 4.04. The van der Waals surface area contributed by atoms with Gasteiger partial charge in [-0.3, -0.25) is 14.5 Å². The number of aliphatic hydroxyl groups excluding tert-OH is 1. The Kier molecular flexibility index (Phi) is 6.07. The molecule has 4 rings (SSSR count). The minimum Gasteiger partial charge on any atom is -0.507 e. The first-order valence-corrected chi connectivity index (χ1v) is 10.3. The highest BCUT2D eigenvalue weighted by Gasteiger charge is 2.47. The third-order valence-electron chi connectivity index (χ3n) is 5.39. The summed E-state index contributed by atoms with van der Waals surface area (Å²) in [5, 5.41) is 11.4. The van der Waals surface area contributed by atoms with Gasteiger partial charge in [0.1, 0.15) is 23.1 Å². The van der Waals surface area contributed by atoms with Crippen molar-refractivity contribution >= 4 is 34.7 Å². The fraction of sp³-hybridized carbons (Fsp3) is 0.120. The summed E-state index contributed by atoms with van der Waals surface area (Å²) in [5.74, 6) is -1.72. The van der Waals surface area contributed by atoms with Gasteiger partial charge in [0.25, 0.3) is 11.7 Å². The summed E-state index contributed by atoms with van der Waals surface area (Å²) in [5.41, 5.74) is 0.924. The average molecular weight is 468 g/mol. The lowest BCUT2D eigenvalue weighted by atomic mass is 9.95. The largest absolute Gasteiger partial charge is 0.507 e. The maximum atomic E-state index is 13.6. The van der Waals surface area contributed by atoms with Crippen LogP contribution in [0.1, 0.15) is 17.2 Å². The second kappa shape index (κ2) is 8.96. The smallest absolute Gasteiger partial charge is 0.300 e. The number of carbonyl (C=O) groups is 2. The number of amides is 1. The monoisotopic (exact) mass is 467 g/mol. The molecule has 168 valence electrons. The van der Waals surface area contributed by atoms with E-state index < -0.39 is 23.5 Å². The Morgan fingerprint density at radius 3 is 2.36 bits per heavy atom. The summed E-state index contributed by atoms with van der Waals surface area (Å²) < 4.78 is 24.0. The van der Waals surface area contributed by atoms with E-state index in [-0.39, 0.29) is 16.4 Å². The number of Topliss-reactive ketones (excluding diaryl/α,β-unsaturated/α-hetero) is 1. The molecule has 0 spiro atoms. The van der Waals surface area contributed by atoms with Gasteiger partial charge in [-0.25, -0.2) is 4.39 Å². The van der Waals surface area contributed by atoms with Gasteiger partial charge in [0.2, 0.25) is 0 Å². The van der Waals surface area contributed by atoms with E-state index in [1.54, 1.807) is 36.4 Å². The number of hydrogen-bond donors (Lipinski definition) is 1. The molecule has 6 nitrogen and oxygen atoms in total. The van der Waals surface area contributed by atoms with Crippen molar-refractivity contribution in [2.45, 2.75) is 6.04 Å². The Morgan fingerprint density at radius 1 is 1.00 bits per heavy atom. The first-order chi connectivity index (χ1) is 15.8. The van der Waals surface area contributed by atoms with E-state index in [1.807, 2.05) is 0 Å². The van der Waals surface area contributed by atoms with Crippen LogP contribution in [-0.4, -0.2) is 31.0 Å². The number of aliphatic hydroxyl groups is 1. The van der Waals surface area contributed by atoms with Crippen LogP contribution in [0.25, 0.3) is 5.76 Å². The van der Waals surface area contributed by atoms with Gasteiger partial charge in [-0.1, -0.05) is 35.9 Å². The fourth-order valence-electron chi connectivity index (χ4n) is 3.79. The van der Waals surface area contributed by atoms with Crippen LogP contribution in [0.15, 0.2) is 72.3 Å². The molecule has 3 aromatic carbocycles. The van der Waals surface area contributed by atoms with Crippen molar-refractivity contribution in [3.63, 3.8) is 0 Å². The molecule has 1 heterocycles. The molecule has 1 unspecified atom stereocenters. The summed E-state index contributed by atoms with van der Waals surface area (Å²) in [4.78, 5) is 27.5. The van der Waals surface area contributed by atoms with Crippen molar-refractivity contribution in [1.29, 1.82) is 0 Å². The van der Waals surface area contributed by atoms with Crippen LogP contribution in [0.3, 0.4) is 0 Å². The molecule has 0 saturated carbocycles. The van der Waals surface area contributed by atoms with E-state index >= 15 is 0 Å². The molecule has 3 aromatic rings. The molecular formula is C25H19ClFNO5. The number of rotatable bonds is 5. The molecular weight excluding hydrogens is 449 g/mol. The Bertz CT molecular complexity index is 1270. The number of nitrogens with zero attached hydrogens (tertiary/aromatic N) is 1. The maximum absolute atomic E-state index is 13.6. The second-order valence-electron chi connectivity index (χ2n) is 7.27. The number of ketones is 1. The first kappa shape index (κ1) is 22.4. The average Bonchev–Trinajstić information content (AvgIpc) is 3.09. The molecule has 1 saturated heterocycles. The summed E-state index contributed by atoms with van der Waals surface area (Å²) in [6.45, 7) is 0. The molecule has 0 aliphatic carbocycles. The predicted molar refractivity (Wildman–Crippen MR) is 122 cm³/mol. The summed E-state index contributed by atoms with van der Waals surface area (Å²) in [6, 6.07) is 15.5. The third-order valence-corrected chi connectivity index (χ3v) is 5.68. The molecule has 1 atom stereocenters. The minimum absolute atomic E-state index is 0.133. The standard InChI is InChI=1S/C25H19ClFNO5/c1-32-18-5-3-4-15(12-18)23(29)21-22(14-6-8-16(27)9-7-14)28(25(31)24(21)30)17-10-11-20(33-2)19(26)13-17/h3-13,22,29H,1-2H3/b23-21+. The summed E-state index contributed by atoms with van der Waals surface area (Å²) >= 11 is 6.26. The Morgan fingerprint density at radius 2 is 1.73 bits per heavy atom. The Labute approximate surface area is 194 Å². The number of halogens is 2. The van der Waals surface area contributed by atoms with E-state index in [0.29, 0.717) is 28.3 Å². The van der Waals surface area contributed by atoms with E-state index in [4.69, 9.17) is 21.1 Å². The van der Waals surface area contributed by atoms with Crippen molar-refractivity contribution < 1.29 is 28.6 Å². The number of benzene rings is 3. The first-order valence-electron chi connectivity index (χ1n) is 9.90. The van der Waals surface area contributed by atoms with Gasteiger partial charge in [0.15, 0.2) is 0 Å². The number of anilines is 1. The van der Waals surface area contributed by atoms with Crippen molar-refractivity contribution in [2.24, 2.45) is 0 Å². The second-order valence-corrected chi connectivity index (χ2v) is 7.68. The number of methoxy groups -OCH3 is 2. The van der Waals surface area contributed by atoms with E-state index in [0.717, 1.165) is 0 Å². The van der Waals surface area contributed by atoms with Crippen molar-refractivity contribution in [3.05, 3.63) is 94.3 Å². The van der Waals surface area contributed by atoms with E-state index in [9.17, 15) is 19.1 Å². The summed E-state index contributed by atoms with van der Waals surface area (Å²) in [7, 11) is 2.93. The summed E-state index contributed by atoms with van der Waals surface area (Å²) in [6.07, 6.45) is 0. The van der Waals surface area contributed by atoms with Gasteiger partial charge in [-0.15, -0.1) is 0 Å². The van der Waals surface area contributed by atoms with Gasteiger partial charge < -0.3 is 14.6 Å². The highest BCUT2D eigenvalue weighted by Crippen LogP contribution is 2.43. The molecule has 1 fully saturated rings. The molecule has 8 heteroatoms. The van der Waals surface area contributed by atoms with Crippen LogP contribution >= 0.6 is 11.6 Å². The van der Waals surface area contributed by atoms with Crippen LogP contribution in [0, 0.1) is 5.82 Å².